The van der Waals surface area contributed by atoms with Crippen LogP contribution in [0.4, 0.5) is 0 Å². The van der Waals surface area contributed by atoms with E-state index in [4.69, 9.17) is 0 Å². The molecule has 4 heteroatoms. The van der Waals surface area contributed by atoms with Crippen LogP contribution in [0.3, 0.4) is 0 Å². The second kappa shape index (κ2) is 13.3. The number of rotatable bonds is 6. The minimum absolute atomic E-state index is 1.14. The zero-order chi connectivity index (χ0) is 38.2. The highest BCUT2D eigenvalue weighted by Gasteiger charge is 2.15. The lowest BCUT2D eigenvalue weighted by Crippen LogP contribution is -1.80. The largest absolute Gasteiger partial charge is 0.355 e. The van der Waals surface area contributed by atoms with E-state index in [1.165, 1.54) is 96.0 Å². The Balaban J connectivity index is 0.792. The molecule has 58 heavy (non-hydrogen) atoms. The zero-order valence-electron chi connectivity index (χ0n) is 31.3. The summed E-state index contributed by atoms with van der Waals surface area (Å²) >= 11 is 3.83. The van der Waals surface area contributed by atoms with E-state index < -0.39 is 0 Å². The molecule has 0 saturated carbocycles. The van der Waals surface area contributed by atoms with Crippen molar-refractivity contribution in [2.24, 2.45) is 0 Å². The number of hydrogen-bond acceptors (Lipinski definition) is 2. The van der Waals surface area contributed by atoms with Crippen molar-refractivity contribution in [2.45, 2.75) is 0 Å². The van der Waals surface area contributed by atoms with E-state index >= 15 is 0 Å². The lowest BCUT2D eigenvalue weighted by molar-refractivity contribution is 1.45. The van der Waals surface area contributed by atoms with E-state index in [2.05, 4.69) is 204 Å². The molecule has 0 aliphatic carbocycles. The van der Waals surface area contributed by atoms with Crippen molar-refractivity contribution in [3.63, 3.8) is 0 Å². The topological polar surface area (TPSA) is 31.6 Å². The van der Waals surface area contributed by atoms with Gasteiger partial charge in [0.25, 0.3) is 0 Å². The average molecular weight is 775 g/mol. The van der Waals surface area contributed by atoms with E-state index in [0.29, 0.717) is 0 Å². The fourth-order valence-electron chi connectivity index (χ4n) is 8.50. The number of aromatic nitrogens is 2. The van der Waals surface area contributed by atoms with Gasteiger partial charge in [-0.1, -0.05) is 146 Å². The van der Waals surface area contributed by atoms with Gasteiger partial charge in [0.2, 0.25) is 0 Å². The predicted molar refractivity (Wildman–Crippen MR) is 251 cm³/mol. The van der Waals surface area contributed by atoms with Crippen molar-refractivity contribution < 1.29 is 0 Å². The van der Waals surface area contributed by atoms with Crippen LogP contribution < -0.4 is 0 Å². The van der Waals surface area contributed by atoms with Crippen LogP contribution in [0, 0.1) is 0 Å². The monoisotopic (exact) mass is 774 g/mol. The van der Waals surface area contributed by atoms with Crippen LogP contribution in [0.1, 0.15) is 0 Å². The molecule has 0 aliphatic heterocycles. The maximum Gasteiger partial charge on any atom is 0.0542 e. The first-order valence-electron chi connectivity index (χ1n) is 19.6. The number of nitrogens with one attached hydrogen (secondary N) is 2. The third-order valence-corrected chi connectivity index (χ3v) is 14.1. The number of H-pyrrole nitrogens is 2. The molecule has 272 valence electrons. The molecular weight excluding hydrogens is 741 g/mol. The lowest BCUT2D eigenvalue weighted by atomic mass is 10.0. The van der Waals surface area contributed by atoms with Gasteiger partial charge < -0.3 is 9.97 Å². The summed E-state index contributed by atoms with van der Waals surface area (Å²) in [4.78, 5) is 7.27. The molecule has 0 amide bonds. The molecule has 4 aromatic heterocycles. The van der Waals surface area contributed by atoms with E-state index in [9.17, 15) is 0 Å². The van der Waals surface area contributed by atoms with Gasteiger partial charge in [0.15, 0.2) is 0 Å². The van der Waals surface area contributed by atoms with Crippen LogP contribution in [0.15, 0.2) is 194 Å². The fraction of sp³-hybridized carbons (Fsp3) is 0. The predicted octanol–water partition coefficient (Wildman–Crippen LogP) is 16.2. The van der Waals surface area contributed by atoms with Crippen molar-refractivity contribution >= 4 is 74.1 Å². The minimum Gasteiger partial charge on any atom is -0.355 e. The Morgan fingerprint density at radius 3 is 1.05 bits per heavy atom. The number of hydrogen-bond donors (Lipinski definition) is 2. The van der Waals surface area contributed by atoms with E-state index in [1.54, 1.807) is 0 Å². The molecule has 0 atom stereocenters. The molecule has 4 heterocycles. The van der Waals surface area contributed by atoms with Crippen LogP contribution in [-0.2, 0) is 0 Å². The fourth-order valence-corrected chi connectivity index (χ4v) is 11.2. The van der Waals surface area contributed by atoms with Crippen molar-refractivity contribution in [1.82, 2.24) is 9.97 Å². The van der Waals surface area contributed by atoms with Gasteiger partial charge in [-0.15, -0.1) is 22.7 Å². The second-order valence-corrected chi connectivity index (χ2v) is 17.2. The van der Waals surface area contributed by atoms with Crippen LogP contribution in [0.2, 0.25) is 0 Å². The third kappa shape index (κ3) is 5.68. The first kappa shape index (κ1) is 33.2. The smallest absolute Gasteiger partial charge is 0.0542 e. The summed E-state index contributed by atoms with van der Waals surface area (Å²) in [5, 5.41) is 5.13. The van der Waals surface area contributed by atoms with Crippen LogP contribution in [0.5, 0.6) is 0 Å². The summed E-state index contributed by atoms with van der Waals surface area (Å²) in [6.45, 7) is 0. The maximum atomic E-state index is 3.63. The Kier molecular flexibility index (Phi) is 7.62. The molecule has 0 radical (unpaired) electrons. The Labute approximate surface area is 343 Å². The summed E-state index contributed by atoms with van der Waals surface area (Å²) in [6.07, 6.45) is 0. The van der Waals surface area contributed by atoms with E-state index in [0.717, 1.165) is 22.4 Å². The molecule has 12 aromatic rings. The average Bonchev–Trinajstić information content (AvgIpc) is 4.08. The SMILES string of the molecule is c1ccc(-c2ccc3[nH]c(-c4ccc(-c5ccc6c(c5)sc5c7ccc(-c8ccc(-c9cc%10cc(-c%11ccccc%11)ccc%10[nH]9)cc8)cc7sc65)cc4)cc3c2)cc1. The van der Waals surface area contributed by atoms with Gasteiger partial charge in [0.1, 0.15) is 0 Å². The summed E-state index contributed by atoms with van der Waals surface area (Å²) < 4.78 is 5.44. The molecule has 12 rings (SSSR count). The second-order valence-electron chi connectivity index (χ2n) is 15.1. The number of aromatic amines is 2. The Morgan fingerprint density at radius 2 is 0.621 bits per heavy atom. The van der Waals surface area contributed by atoms with Gasteiger partial charge >= 0.3 is 0 Å². The molecular formula is C54H34N2S2. The molecule has 0 bridgehead atoms. The van der Waals surface area contributed by atoms with Crippen LogP contribution in [0.25, 0.3) is 118 Å². The molecule has 0 fully saturated rings. The number of fused-ring (bicyclic) bond motifs is 7. The van der Waals surface area contributed by atoms with Gasteiger partial charge in [-0.05, 0) is 104 Å². The lowest BCUT2D eigenvalue weighted by Gasteiger charge is -2.05. The molecule has 2 nitrogen and oxygen atoms in total. The summed E-state index contributed by atoms with van der Waals surface area (Å²) in [5.74, 6) is 0. The highest BCUT2D eigenvalue weighted by molar-refractivity contribution is 7.36. The van der Waals surface area contributed by atoms with Crippen molar-refractivity contribution in [1.29, 1.82) is 0 Å². The van der Waals surface area contributed by atoms with E-state index in [-0.39, 0.29) is 0 Å². The van der Waals surface area contributed by atoms with Crippen molar-refractivity contribution in [2.75, 3.05) is 0 Å². The molecule has 8 aromatic carbocycles. The zero-order valence-corrected chi connectivity index (χ0v) is 32.9. The summed E-state index contributed by atoms with van der Waals surface area (Å²) in [6, 6.07) is 70.8. The first-order chi connectivity index (χ1) is 28.7. The van der Waals surface area contributed by atoms with E-state index in [1.807, 2.05) is 22.7 Å². The normalized spacial score (nSPS) is 11.8. The maximum absolute atomic E-state index is 3.63. The van der Waals surface area contributed by atoms with Gasteiger partial charge in [0.05, 0.1) is 9.40 Å². The molecule has 2 N–H and O–H groups in total. The highest BCUT2D eigenvalue weighted by atomic mass is 32.1. The summed E-state index contributed by atoms with van der Waals surface area (Å²) in [7, 11) is 0. The van der Waals surface area contributed by atoms with Gasteiger partial charge in [-0.25, -0.2) is 0 Å². The number of benzene rings is 8. The Bertz CT molecular complexity index is 3240. The third-order valence-electron chi connectivity index (χ3n) is 11.6. The molecule has 0 spiro atoms. The molecule has 0 unspecified atom stereocenters. The van der Waals surface area contributed by atoms with Gasteiger partial charge in [0, 0.05) is 53.4 Å². The Morgan fingerprint density at radius 1 is 0.276 bits per heavy atom. The Hall–Kier alpha value is -6.98. The first-order valence-corrected chi connectivity index (χ1v) is 21.3. The highest BCUT2D eigenvalue weighted by Crippen LogP contribution is 2.46. The van der Waals surface area contributed by atoms with Crippen LogP contribution >= 0.6 is 22.7 Å². The van der Waals surface area contributed by atoms with Crippen LogP contribution in [-0.4, -0.2) is 9.97 Å². The summed E-state index contributed by atoms with van der Waals surface area (Å²) in [5.41, 5.74) is 16.8. The molecule has 0 aliphatic rings. The van der Waals surface area contributed by atoms with Gasteiger partial charge in [-0.3, -0.25) is 0 Å². The quantitative estimate of drug-likeness (QED) is 0.169. The number of thiophene rings is 2. The standard InChI is InChI=1S/C54H34N2S2/c1-3-7-33(8-4-1)39-21-25-47-43(27-39)29-49(55-47)37-15-11-35(12-16-37)41-19-23-45-51(31-41)57-54-46-24-20-42(32-52(46)58-53(45)54)36-13-17-38(18-14-36)50-30-44-28-40(22-26-48(44)56-50)34-9-5-2-6-10-34/h1-32,55-56H. The van der Waals surface area contributed by atoms with Crippen molar-refractivity contribution in [3.05, 3.63) is 194 Å². The molecule has 0 saturated heterocycles. The minimum atomic E-state index is 1.14. The van der Waals surface area contributed by atoms with Crippen molar-refractivity contribution in [3.8, 4) is 67.0 Å². The van der Waals surface area contributed by atoms with Gasteiger partial charge in [-0.2, -0.15) is 0 Å².